The van der Waals surface area contributed by atoms with E-state index in [0.717, 1.165) is 83.5 Å². The van der Waals surface area contributed by atoms with Crippen molar-refractivity contribution in [1.29, 1.82) is 0 Å². The van der Waals surface area contributed by atoms with E-state index < -0.39 is 6.10 Å². The quantitative estimate of drug-likeness (QED) is 0.0261. The smallest absolute Gasteiger partial charge is 0.306 e. The number of hydrogen-bond donors (Lipinski definition) is 0. The molecule has 0 rings (SSSR count). The first kappa shape index (κ1) is 74.6. The number of carbonyl (C=O) groups excluding carboxylic acids is 3. The van der Waals surface area contributed by atoms with E-state index in [2.05, 4.69) is 57.2 Å². The van der Waals surface area contributed by atoms with Crippen molar-refractivity contribution in [2.75, 3.05) is 13.2 Å². The summed E-state index contributed by atoms with van der Waals surface area (Å²) in [5.74, 6) is -0.869. The summed E-state index contributed by atoms with van der Waals surface area (Å²) in [5.41, 5.74) is 0. The molecule has 0 heterocycles. The van der Waals surface area contributed by atoms with Crippen LogP contribution in [0.4, 0.5) is 0 Å². The molecule has 77 heavy (non-hydrogen) atoms. The highest BCUT2D eigenvalue weighted by Crippen LogP contribution is 2.18. The Morgan fingerprint density at radius 3 is 0.779 bits per heavy atom. The van der Waals surface area contributed by atoms with Crippen LogP contribution >= 0.6 is 0 Å². The molecule has 1 unspecified atom stereocenters. The van der Waals surface area contributed by atoms with E-state index in [-0.39, 0.29) is 31.1 Å². The zero-order valence-electron chi connectivity index (χ0n) is 52.0. The minimum absolute atomic E-state index is 0.0742. The van der Waals surface area contributed by atoms with Crippen LogP contribution in [-0.2, 0) is 28.6 Å². The molecule has 0 aromatic heterocycles. The number of esters is 3. The lowest BCUT2D eigenvalue weighted by molar-refractivity contribution is -0.167. The summed E-state index contributed by atoms with van der Waals surface area (Å²) in [6.07, 6.45) is 81.8. The Balaban J connectivity index is 4.19. The van der Waals surface area contributed by atoms with Crippen LogP contribution in [0, 0.1) is 0 Å². The van der Waals surface area contributed by atoms with Crippen molar-refractivity contribution < 1.29 is 28.6 Å². The van der Waals surface area contributed by atoms with Gasteiger partial charge in [0, 0.05) is 19.3 Å². The van der Waals surface area contributed by atoms with Crippen LogP contribution in [0.15, 0.2) is 36.5 Å². The Morgan fingerprint density at radius 2 is 0.494 bits per heavy atom. The number of rotatable bonds is 64. The zero-order chi connectivity index (χ0) is 55.7. The molecule has 0 saturated heterocycles. The van der Waals surface area contributed by atoms with Crippen molar-refractivity contribution in [1.82, 2.24) is 0 Å². The summed E-state index contributed by atoms with van der Waals surface area (Å²) in [4.78, 5) is 38.3. The summed E-state index contributed by atoms with van der Waals surface area (Å²) in [5, 5.41) is 0. The fourth-order valence-electron chi connectivity index (χ4n) is 10.4. The normalized spacial score (nSPS) is 12.2. The fourth-order valence-corrected chi connectivity index (χ4v) is 10.4. The maximum absolute atomic E-state index is 12.9. The van der Waals surface area contributed by atoms with E-state index in [1.165, 1.54) is 257 Å². The Hall–Kier alpha value is -2.37. The zero-order valence-corrected chi connectivity index (χ0v) is 52.0. The lowest BCUT2D eigenvalue weighted by Crippen LogP contribution is -2.30. The number of carbonyl (C=O) groups is 3. The van der Waals surface area contributed by atoms with Gasteiger partial charge in [-0.25, -0.2) is 0 Å². The molecule has 0 aromatic rings. The van der Waals surface area contributed by atoms with Crippen molar-refractivity contribution in [3.63, 3.8) is 0 Å². The molecule has 6 nitrogen and oxygen atoms in total. The molecule has 0 aliphatic carbocycles. The van der Waals surface area contributed by atoms with Crippen LogP contribution in [0.25, 0.3) is 0 Å². The van der Waals surface area contributed by atoms with E-state index in [0.29, 0.717) is 19.3 Å². The third kappa shape index (κ3) is 64.3. The molecule has 0 radical (unpaired) electrons. The molecule has 1 atom stereocenters. The van der Waals surface area contributed by atoms with Gasteiger partial charge in [-0.05, 0) is 70.6 Å². The standard InChI is InChI=1S/C71H132O6/c1-4-7-10-13-16-19-22-25-27-29-31-32-33-34-35-36-37-38-39-40-42-43-46-49-52-55-58-61-64-70(73)76-67-68(66-75-69(72)63-60-57-54-51-48-45-24-21-18-15-12-9-6-3)77-71(74)65-62-59-56-53-50-47-44-41-30-28-26-23-20-17-14-11-8-5-2/h12,15,21,24,28,30,68H,4-11,13-14,16-20,22-23,25-27,29,31-67H2,1-3H3/b15-12-,24-21-,30-28-. The van der Waals surface area contributed by atoms with Crippen LogP contribution in [-0.4, -0.2) is 37.2 Å². The maximum atomic E-state index is 12.9. The molecule has 0 amide bonds. The second kappa shape index (κ2) is 66.1. The van der Waals surface area contributed by atoms with Gasteiger partial charge in [-0.2, -0.15) is 0 Å². The molecule has 0 aliphatic heterocycles. The molecule has 0 saturated carbocycles. The van der Waals surface area contributed by atoms with Crippen molar-refractivity contribution in [2.24, 2.45) is 0 Å². The van der Waals surface area contributed by atoms with Gasteiger partial charge in [0.1, 0.15) is 13.2 Å². The molecule has 0 aliphatic rings. The van der Waals surface area contributed by atoms with Gasteiger partial charge < -0.3 is 14.2 Å². The van der Waals surface area contributed by atoms with Gasteiger partial charge in [-0.15, -0.1) is 0 Å². The van der Waals surface area contributed by atoms with Gasteiger partial charge >= 0.3 is 17.9 Å². The monoisotopic (exact) mass is 1080 g/mol. The van der Waals surface area contributed by atoms with Crippen LogP contribution < -0.4 is 0 Å². The third-order valence-electron chi connectivity index (χ3n) is 15.6. The highest BCUT2D eigenvalue weighted by molar-refractivity contribution is 5.71. The lowest BCUT2D eigenvalue weighted by Gasteiger charge is -2.18. The molecule has 0 spiro atoms. The first-order valence-corrected chi connectivity index (χ1v) is 34.5. The fraction of sp³-hybridized carbons (Fsp3) is 0.873. The van der Waals surface area contributed by atoms with E-state index in [4.69, 9.17) is 14.2 Å². The Morgan fingerprint density at radius 1 is 0.260 bits per heavy atom. The van der Waals surface area contributed by atoms with Gasteiger partial charge in [0.2, 0.25) is 0 Å². The summed E-state index contributed by atoms with van der Waals surface area (Å²) in [6.45, 7) is 6.63. The van der Waals surface area contributed by atoms with Gasteiger partial charge in [-0.1, -0.05) is 327 Å². The van der Waals surface area contributed by atoms with Gasteiger partial charge in [-0.3, -0.25) is 14.4 Å². The van der Waals surface area contributed by atoms with Gasteiger partial charge in [0.25, 0.3) is 0 Å². The Kier molecular flexibility index (Phi) is 64.1. The molecular formula is C71H132O6. The van der Waals surface area contributed by atoms with Gasteiger partial charge in [0.05, 0.1) is 0 Å². The van der Waals surface area contributed by atoms with E-state index in [1.807, 2.05) is 0 Å². The molecule has 0 N–H and O–H groups in total. The predicted molar refractivity (Wildman–Crippen MR) is 335 cm³/mol. The summed E-state index contributed by atoms with van der Waals surface area (Å²) in [6, 6.07) is 0. The van der Waals surface area contributed by atoms with Crippen molar-refractivity contribution >= 4 is 17.9 Å². The molecule has 0 aromatic carbocycles. The molecular weight excluding hydrogens is 949 g/mol. The van der Waals surface area contributed by atoms with Crippen molar-refractivity contribution in [3.8, 4) is 0 Å². The maximum Gasteiger partial charge on any atom is 0.306 e. The minimum atomic E-state index is -0.779. The first-order valence-electron chi connectivity index (χ1n) is 34.5. The highest BCUT2D eigenvalue weighted by Gasteiger charge is 2.19. The number of allylic oxidation sites excluding steroid dienone is 6. The first-order chi connectivity index (χ1) is 38.0. The highest BCUT2D eigenvalue weighted by atomic mass is 16.6. The Labute approximate surface area is 480 Å². The SMILES string of the molecule is CCC/C=C\C/C=C\CCCCCCCC(=O)OCC(COC(=O)CCCCCCCCCCCCCCCCCCCCCCCCCCCCCC)OC(=O)CCCCCCCCC/C=C\CCCCCCCCC. The molecule has 0 fully saturated rings. The second-order valence-electron chi connectivity index (χ2n) is 23.4. The van der Waals surface area contributed by atoms with Gasteiger partial charge in [0.15, 0.2) is 6.10 Å². The lowest BCUT2D eigenvalue weighted by atomic mass is 10.0. The van der Waals surface area contributed by atoms with E-state index in [1.54, 1.807) is 0 Å². The Bertz CT molecular complexity index is 1290. The van der Waals surface area contributed by atoms with Crippen LogP contribution in [0.5, 0.6) is 0 Å². The van der Waals surface area contributed by atoms with Crippen LogP contribution in [0.3, 0.4) is 0 Å². The minimum Gasteiger partial charge on any atom is -0.462 e. The summed E-state index contributed by atoms with van der Waals surface area (Å²) < 4.78 is 16.9. The number of hydrogen-bond acceptors (Lipinski definition) is 6. The molecule has 452 valence electrons. The predicted octanol–water partition coefficient (Wildman–Crippen LogP) is 23.6. The molecule has 6 heteroatoms. The van der Waals surface area contributed by atoms with Crippen molar-refractivity contribution in [3.05, 3.63) is 36.5 Å². The van der Waals surface area contributed by atoms with E-state index in [9.17, 15) is 14.4 Å². The number of ether oxygens (including phenoxy) is 3. The second-order valence-corrected chi connectivity index (χ2v) is 23.4. The molecule has 0 bridgehead atoms. The van der Waals surface area contributed by atoms with Crippen molar-refractivity contribution in [2.45, 2.75) is 386 Å². The van der Waals surface area contributed by atoms with E-state index >= 15 is 0 Å². The third-order valence-corrected chi connectivity index (χ3v) is 15.6. The summed E-state index contributed by atoms with van der Waals surface area (Å²) in [7, 11) is 0. The largest absolute Gasteiger partial charge is 0.462 e. The average molecular weight is 1080 g/mol. The summed E-state index contributed by atoms with van der Waals surface area (Å²) >= 11 is 0. The average Bonchev–Trinajstić information content (AvgIpc) is 3.43. The number of unbranched alkanes of at least 4 members (excludes halogenated alkanes) is 47. The van der Waals surface area contributed by atoms with Crippen LogP contribution in [0.2, 0.25) is 0 Å². The topological polar surface area (TPSA) is 78.9 Å². The van der Waals surface area contributed by atoms with Crippen LogP contribution in [0.1, 0.15) is 380 Å².